The van der Waals surface area contributed by atoms with Crippen molar-refractivity contribution >= 4 is 22.4 Å². The molecule has 0 atom stereocenters. The molecule has 2 aromatic carbocycles. The second-order valence-corrected chi connectivity index (χ2v) is 4.46. The molecule has 1 aliphatic heterocycles. The van der Waals surface area contributed by atoms with Crippen molar-refractivity contribution in [3.8, 4) is 0 Å². The predicted molar refractivity (Wildman–Crippen MR) is 71.0 cm³/mol. The first-order valence-corrected chi connectivity index (χ1v) is 6.04. The van der Waals surface area contributed by atoms with E-state index in [0.29, 0.717) is 16.7 Å². The number of hydrogen-bond donors (Lipinski definition) is 0. The van der Waals surface area contributed by atoms with E-state index in [9.17, 15) is 4.79 Å². The van der Waals surface area contributed by atoms with E-state index in [2.05, 4.69) is 4.99 Å². The summed E-state index contributed by atoms with van der Waals surface area (Å²) in [5.41, 5.74) is 1.33. The Morgan fingerprint density at radius 1 is 0.947 bits per heavy atom. The molecule has 1 aromatic heterocycles. The van der Waals surface area contributed by atoms with Crippen LogP contribution < -0.4 is 10.6 Å². The summed E-state index contributed by atoms with van der Waals surface area (Å²) in [6.45, 7) is 0. The average Bonchev–Trinajstić information content (AvgIpc) is 2.97. The van der Waals surface area contributed by atoms with Gasteiger partial charge < -0.3 is 4.42 Å². The predicted octanol–water partition coefficient (Wildman–Crippen LogP) is 1.79. The van der Waals surface area contributed by atoms with Gasteiger partial charge in [0, 0.05) is 10.6 Å². The Bertz CT molecular complexity index is 902. The van der Waals surface area contributed by atoms with Crippen LogP contribution >= 0.6 is 0 Å². The number of benzene rings is 2. The van der Waals surface area contributed by atoms with E-state index in [4.69, 9.17) is 4.42 Å². The monoisotopic (exact) mass is 247 g/mol. The highest BCUT2D eigenvalue weighted by Gasteiger charge is 2.21. The molecule has 1 aliphatic rings. The Morgan fingerprint density at radius 2 is 1.74 bits per heavy atom. The lowest BCUT2D eigenvalue weighted by Crippen LogP contribution is -2.22. The third-order valence-electron chi connectivity index (χ3n) is 3.28. The van der Waals surface area contributed by atoms with Gasteiger partial charge in [0.1, 0.15) is 11.3 Å². The summed E-state index contributed by atoms with van der Waals surface area (Å²) in [4.78, 5) is 16.1. The van der Waals surface area contributed by atoms with Crippen LogP contribution in [0.1, 0.15) is 5.76 Å². The molecule has 0 unspecified atom stereocenters. The van der Waals surface area contributed by atoms with Crippen LogP contribution in [0.15, 0.2) is 64.0 Å². The molecule has 0 radical (unpaired) electrons. The summed E-state index contributed by atoms with van der Waals surface area (Å²) in [5, 5.41) is 2.54. The minimum absolute atomic E-state index is 0.236. The normalized spacial score (nSPS) is 13.7. The van der Waals surface area contributed by atoms with Crippen LogP contribution in [-0.4, -0.2) is 5.91 Å². The SMILES string of the molecule is O=C1N=c2ccccc2=C1c1cc2ccccc2o1. The van der Waals surface area contributed by atoms with Gasteiger partial charge in [-0.15, -0.1) is 0 Å². The summed E-state index contributed by atoms with van der Waals surface area (Å²) in [6, 6.07) is 17.1. The number of hydrogen-bond acceptors (Lipinski definition) is 2. The van der Waals surface area contributed by atoms with Crippen molar-refractivity contribution in [2.75, 3.05) is 0 Å². The van der Waals surface area contributed by atoms with Crippen LogP contribution in [0.25, 0.3) is 16.5 Å². The Labute approximate surface area is 108 Å². The molecule has 1 amide bonds. The zero-order valence-electron chi connectivity index (χ0n) is 9.96. The molecule has 3 heteroatoms. The van der Waals surface area contributed by atoms with Crippen LogP contribution in [0.3, 0.4) is 0 Å². The van der Waals surface area contributed by atoms with Crippen molar-refractivity contribution in [2.24, 2.45) is 4.99 Å². The summed E-state index contributed by atoms with van der Waals surface area (Å²) in [5.74, 6) is 0.347. The molecule has 0 saturated carbocycles. The van der Waals surface area contributed by atoms with E-state index in [1.54, 1.807) is 0 Å². The second kappa shape index (κ2) is 3.65. The third kappa shape index (κ3) is 1.45. The summed E-state index contributed by atoms with van der Waals surface area (Å²) < 4.78 is 5.76. The molecule has 0 aliphatic carbocycles. The van der Waals surface area contributed by atoms with Gasteiger partial charge in [-0.2, -0.15) is 0 Å². The van der Waals surface area contributed by atoms with Gasteiger partial charge >= 0.3 is 0 Å². The fourth-order valence-corrected chi connectivity index (χ4v) is 2.41. The number of carbonyl (C=O) groups excluding carboxylic acids is 1. The number of amides is 1. The Morgan fingerprint density at radius 3 is 2.63 bits per heavy atom. The molecular formula is C16H9NO2. The van der Waals surface area contributed by atoms with Crippen molar-refractivity contribution in [3.63, 3.8) is 0 Å². The van der Waals surface area contributed by atoms with Gasteiger partial charge in [-0.05, 0) is 18.2 Å². The molecule has 2 heterocycles. The van der Waals surface area contributed by atoms with Crippen LogP contribution in [0.4, 0.5) is 0 Å². The fourth-order valence-electron chi connectivity index (χ4n) is 2.41. The first kappa shape index (κ1) is 10.3. The van der Waals surface area contributed by atoms with Gasteiger partial charge in [0.25, 0.3) is 5.91 Å². The van der Waals surface area contributed by atoms with E-state index in [1.807, 2.05) is 54.6 Å². The van der Waals surface area contributed by atoms with Crippen LogP contribution in [0.5, 0.6) is 0 Å². The molecule has 0 spiro atoms. The van der Waals surface area contributed by atoms with Crippen molar-refractivity contribution < 1.29 is 9.21 Å². The number of nitrogens with zero attached hydrogens (tertiary/aromatic N) is 1. The molecule has 0 N–H and O–H groups in total. The van der Waals surface area contributed by atoms with Gasteiger partial charge in [0.05, 0.1) is 10.9 Å². The molecule has 3 aromatic rings. The van der Waals surface area contributed by atoms with Gasteiger partial charge in [0.15, 0.2) is 0 Å². The van der Waals surface area contributed by atoms with E-state index in [-0.39, 0.29) is 5.91 Å². The Kier molecular flexibility index (Phi) is 1.97. The number of fused-ring (bicyclic) bond motifs is 2. The average molecular weight is 247 g/mol. The van der Waals surface area contributed by atoms with Crippen LogP contribution in [0.2, 0.25) is 0 Å². The molecule has 3 nitrogen and oxygen atoms in total. The lowest BCUT2D eigenvalue weighted by atomic mass is 10.1. The quantitative estimate of drug-likeness (QED) is 0.658. The molecule has 19 heavy (non-hydrogen) atoms. The van der Waals surface area contributed by atoms with Crippen LogP contribution in [-0.2, 0) is 4.79 Å². The zero-order valence-corrected chi connectivity index (χ0v) is 9.96. The molecule has 4 rings (SSSR count). The Hall–Kier alpha value is -2.68. The van der Waals surface area contributed by atoms with Gasteiger partial charge in [-0.1, -0.05) is 36.4 Å². The highest BCUT2D eigenvalue weighted by molar-refractivity contribution is 6.20. The van der Waals surface area contributed by atoms with E-state index in [0.717, 1.165) is 16.2 Å². The molecule has 90 valence electrons. The third-order valence-corrected chi connectivity index (χ3v) is 3.28. The van der Waals surface area contributed by atoms with E-state index in [1.165, 1.54) is 0 Å². The maximum Gasteiger partial charge on any atom is 0.282 e. The maximum atomic E-state index is 12.0. The van der Waals surface area contributed by atoms with E-state index < -0.39 is 0 Å². The largest absolute Gasteiger partial charge is 0.456 e. The number of furan rings is 1. The highest BCUT2D eigenvalue weighted by atomic mass is 16.3. The smallest absolute Gasteiger partial charge is 0.282 e. The Balaban J connectivity index is 2.08. The molecule has 0 bridgehead atoms. The topological polar surface area (TPSA) is 42.6 Å². The van der Waals surface area contributed by atoms with Crippen LogP contribution in [0, 0.1) is 0 Å². The summed E-state index contributed by atoms with van der Waals surface area (Å²) in [6.07, 6.45) is 0. The number of rotatable bonds is 1. The minimum Gasteiger partial charge on any atom is -0.456 e. The number of para-hydroxylation sites is 2. The van der Waals surface area contributed by atoms with E-state index >= 15 is 0 Å². The lowest BCUT2D eigenvalue weighted by molar-refractivity contribution is -0.112. The molecule has 0 fully saturated rings. The molecular weight excluding hydrogens is 238 g/mol. The zero-order chi connectivity index (χ0) is 12.8. The first-order chi connectivity index (χ1) is 9.33. The maximum absolute atomic E-state index is 12.0. The fraction of sp³-hybridized carbons (Fsp3) is 0. The highest BCUT2D eigenvalue weighted by Crippen LogP contribution is 2.24. The van der Waals surface area contributed by atoms with Gasteiger partial charge in [-0.3, -0.25) is 4.79 Å². The summed E-state index contributed by atoms with van der Waals surface area (Å²) in [7, 11) is 0. The first-order valence-electron chi connectivity index (χ1n) is 6.04. The van der Waals surface area contributed by atoms with Crippen molar-refractivity contribution in [1.82, 2.24) is 0 Å². The minimum atomic E-state index is -0.236. The molecule has 0 saturated heterocycles. The van der Waals surface area contributed by atoms with Crippen molar-refractivity contribution in [2.45, 2.75) is 0 Å². The summed E-state index contributed by atoms with van der Waals surface area (Å²) >= 11 is 0. The lowest BCUT2D eigenvalue weighted by Gasteiger charge is -1.93. The standard InChI is InChI=1S/C16H9NO2/c18-16-15(11-6-2-3-7-12(11)17-16)14-9-10-5-1-4-8-13(10)19-14/h1-9H. The van der Waals surface area contributed by atoms with Crippen molar-refractivity contribution in [1.29, 1.82) is 0 Å². The second-order valence-electron chi connectivity index (χ2n) is 4.46. The number of carbonyl (C=O) groups is 1. The van der Waals surface area contributed by atoms with Gasteiger partial charge in [0.2, 0.25) is 0 Å². The van der Waals surface area contributed by atoms with Gasteiger partial charge in [-0.25, -0.2) is 4.99 Å². The van der Waals surface area contributed by atoms with Crippen molar-refractivity contribution in [3.05, 3.63) is 70.9 Å².